The monoisotopic (exact) mass is 355 g/mol. The second kappa shape index (κ2) is 5.94. The summed E-state index contributed by atoms with van der Waals surface area (Å²) in [6.45, 7) is 5.84. The SMILES string of the molecule is Cc1c(C(=O)N2C[C@H]3CC[C@@H](C2)N(CC2CC2)C3)cnc2cc(=O)[nH]n12. The van der Waals surface area contributed by atoms with E-state index in [9.17, 15) is 9.59 Å². The fourth-order valence-corrected chi connectivity index (χ4v) is 4.66. The van der Waals surface area contributed by atoms with E-state index in [0.29, 0.717) is 23.2 Å². The van der Waals surface area contributed by atoms with E-state index in [1.54, 1.807) is 10.7 Å². The standard InChI is InChI=1S/C19H25N5O2/c1-12-16(7-20-17-6-18(25)21-24(12)17)19(26)23-10-14-4-5-15(11-23)22(9-14)8-13-2-3-13/h6-7,13-15H,2-5,8-11H2,1H3,(H,21,25)/t14-,15-/m0/s1. The molecule has 5 heterocycles. The van der Waals surface area contributed by atoms with Gasteiger partial charge in [0.2, 0.25) is 0 Å². The molecular weight excluding hydrogens is 330 g/mol. The summed E-state index contributed by atoms with van der Waals surface area (Å²) in [6.07, 6.45) is 6.78. The lowest BCUT2D eigenvalue weighted by Crippen LogP contribution is -2.45. The Morgan fingerprint density at radius 2 is 2.08 bits per heavy atom. The summed E-state index contributed by atoms with van der Waals surface area (Å²) in [6, 6.07) is 1.94. The number of carbonyl (C=O) groups is 1. The maximum absolute atomic E-state index is 13.2. The van der Waals surface area contributed by atoms with Crippen LogP contribution in [0.4, 0.5) is 0 Å². The van der Waals surface area contributed by atoms with Crippen LogP contribution in [0.1, 0.15) is 41.7 Å². The van der Waals surface area contributed by atoms with Crippen molar-refractivity contribution in [1.82, 2.24) is 24.4 Å². The Morgan fingerprint density at radius 1 is 1.23 bits per heavy atom. The fraction of sp³-hybridized carbons (Fsp3) is 0.632. The van der Waals surface area contributed by atoms with Crippen molar-refractivity contribution < 1.29 is 4.79 Å². The number of rotatable bonds is 3. The molecule has 2 aromatic heterocycles. The van der Waals surface area contributed by atoms with Gasteiger partial charge >= 0.3 is 0 Å². The average Bonchev–Trinajstić information content (AvgIpc) is 3.40. The predicted octanol–water partition coefficient (Wildman–Crippen LogP) is 1.28. The normalized spacial score (nSPS) is 26.4. The first-order chi connectivity index (χ1) is 12.6. The highest BCUT2D eigenvalue weighted by atomic mass is 16.2. The van der Waals surface area contributed by atoms with E-state index in [1.165, 1.54) is 38.3 Å². The predicted molar refractivity (Wildman–Crippen MR) is 97.3 cm³/mol. The average molecular weight is 355 g/mol. The number of aromatic nitrogens is 3. The highest BCUT2D eigenvalue weighted by Gasteiger charge is 2.39. The van der Waals surface area contributed by atoms with Gasteiger partial charge in [0, 0.05) is 44.5 Å². The molecule has 3 saturated heterocycles. The van der Waals surface area contributed by atoms with Crippen LogP contribution in [0.2, 0.25) is 0 Å². The van der Waals surface area contributed by atoms with Crippen LogP contribution in [0.15, 0.2) is 17.1 Å². The summed E-state index contributed by atoms with van der Waals surface area (Å²) in [7, 11) is 0. The first-order valence-corrected chi connectivity index (χ1v) is 9.69. The van der Waals surface area contributed by atoms with Gasteiger partial charge in [0.25, 0.3) is 11.5 Å². The molecule has 2 aromatic rings. The van der Waals surface area contributed by atoms with Gasteiger partial charge in [-0.2, -0.15) is 0 Å². The summed E-state index contributed by atoms with van der Waals surface area (Å²) in [5.41, 5.74) is 1.68. The molecule has 3 aliphatic heterocycles. The van der Waals surface area contributed by atoms with Gasteiger partial charge in [0.1, 0.15) is 0 Å². The fourth-order valence-electron chi connectivity index (χ4n) is 4.66. The smallest absolute Gasteiger partial charge is 0.266 e. The van der Waals surface area contributed by atoms with Crippen molar-refractivity contribution >= 4 is 11.6 Å². The van der Waals surface area contributed by atoms with E-state index in [1.807, 2.05) is 11.8 Å². The summed E-state index contributed by atoms with van der Waals surface area (Å²) in [5, 5.41) is 2.72. The highest BCUT2D eigenvalue weighted by molar-refractivity contribution is 5.95. The van der Waals surface area contributed by atoms with Crippen molar-refractivity contribution in [3.8, 4) is 0 Å². The van der Waals surface area contributed by atoms with Crippen molar-refractivity contribution in [2.45, 2.75) is 38.6 Å². The molecule has 0 aromatic carbocycles. The number of nitrogens with zero attached hydrogens (tertiary/aromatic N) is 4. The zero-order valence-corrected chi connectivity index (χ0v) is 15.1. The van der Waals surface area contributed by atoms with E-state index in [4.69, 9.17) is 0 Å². The molecule has 4 aliphatic rings. The third-order valence-corrected chi connectivity index (χ3v) is 6.30. The molecule has 7 nitrogen and oxygen atoms in total. The quantitative estimate of drug-likeness (QED) is 0.900. The number of fused-ring (bicyclic) bond motifs is 5. The van der Waals surface area contributed by atoms with Gasteiger partial charge in [-0.25, -0.2) is 9.50 Å². The van der Waals surface area contributed by atoms with Gasteiger partial charge in [-0.15, -0.1) is 0 Å². The molecular formula is C19H25N5O2. The third kappa shape index (κ3) is 2.74. The first kappa shape index (κ1) is 16.1. The number of aromatic amines is 1. The Bertz CT molecular complexity index is 912. The molecule has 1 saturated carbocycles. The number of H-pyrrole nitrogens is 1. The molecule has 1 N–H and O–H groups in total. The lowest BCUT2D eigenvalue weighted by Gasteiger charge is -2.36. The number of hydrogen-bond acceptors (Lipinski definition) is 4. The Kier molecular flexibility index (Phi) is 3.67. The molecule has 1 aliphatic carbocycles. The van der Waals surface area contributed by atoms with Crippen LogP contribution in [0.5, 0.6) is 0 Å². The van der Waals surface area contributed by atoms with Crippen molar-refractivity contribution in [1.29, 1.82) is 0 Å². The van der Waals surface area contributed by atoms with E-state index < -0.39 is 0 Å². The van der Waals surface area contributed by atoms with Crippen LogP contribution >= 0.6 is 0 Å². The van der Waals surface area contributed by atoms with Gasteiger partial charge in [0.05, 0.1) is 11.3 Å². The van der Waals surface area contributed by atoms with E-state index in [-0.39, 0.29) is 11.5 Å². The van der Waals surface area contributed by atoms with Gasteiger partial charge in [-0.05, 0) is 44.4 Å². The summed E-state index contributed by atoms with van der Waals surface area (Å²) >= 11 is 0. The molecule has 2 atom stereocenters. The minimum atomic E-state index is -0.200. The van der Waals surface area contributed by atoms with Crippen molar-refractivity contribution in [3.63, 3.8) is 0 Å². The van der Waals surface area contributed by atoms with Crippen LogP contribution in [0, 0.1) is 18.8 Å². The summed E-state index contributed by atoms with van der Waals surface area (Å²) < 4.78 is 1.61. The lowest BCUT2D eigenvalue weighted by atomic mass is 9.95. The minimum Gasteiger partial charge on any atom is -0.337 e. The number of nitrogens with one attached hydrogen (secondary N) is 1. The number of amides is 1. The van der Waals surface area contributed by atoms with Gasteiger partial charge in [0.15, 0.2) is 5.65 Å². The van der Waals surface area contributed by atoms with Crippen LogP contribution in [0.25, 0.3) is 5.65 Å². The third-order valence-electron chi connectivity index (χ3n) is 6.30. The van der Waals surface area contributed by atoms with Gasteiger partial charge in [-0.1, -0.05) is 0 Å². The van der Waals surface area contributed by atoms with Crippen LogP contribution in [0.3, 0.4) is 0 Å². The molecule has 138 valence electrons. The molecule has 7 heteroatoms. The summed E-state index contributed by atoms with van der Waals surface area (Å²) in [4.78, 5) is 33.8. The first-order valence-electron chi connectivity index (χ1n) is 9.69. The number of hydrogen-bond donors (Lipinski definition) is 1. The topological polar surface area (TPSA) is 73.7 Å². The maximum Gasteiger partial charge on any atom is 0.266 e. The number of carbonyl (C=O) groups excluding carboxylic acids is 1. The Labute approximate surface area is 152 Å². The molecule has 26 heavy (non-hydrogen) atoms. The Balaban J connectivity index is 1.42. The van der Waals surface area contributed by atoms with E-state index in [2.05, 4.69) is 15.0 Å². The van der Waals surface area contributed by atoms with E-state index >= 15 is 0 Å². The zero-order valence-electron chi connectivity index (χ0n) is 15.1. The van der Waals surface area contributed by atoms with Crippen molar-refractivity contribution in [2.24, 2.45) is 11.8 Å². The molecule has 6 rings (SSSR count). The molecule has 0 spiro atoms. The van der Waals surface area contributed by atoms with E-state index in [0.717, 1.165) is 31.2 Å². The number of piperidine rings is 1. The van der Waals surface area contributed by atoms with Gasteiger partial charge < -0.3 is 4.90 Å². The van der Waals surface area contributed by atoms with Crippen molar-refractivity contribution in [3.05, 3.63) is 33.9 Å². The second-order valence-corrected chi connectivity index (χ2v) is 8.28. The molecule has 0 unspecified atom stereocenters. The Morgan fingerprint density at radius 3 is 2.88 bits per heavy atom. The van der Waals surface area contributed by atoms with Crippen LogP contribution < -0.4 is 5.56 Å². The zero-order chi connectivity index (χ0) is 17.8. The largest absolute Gasteiger partial charge is 0.337 e. The molecule has 4 fully saturated rings. The molecule has 0 radical (unpaired) electrons. The molecule has 1 amide bonds. The summed E-state index contributed by atoms with van der Waals surface area (Å²) in [5.74, 6) is 1.49. The second-order valence-electron chi connectivity index (χ2n) is 8.28. The minimum absolute atomic E-state index is 0.0385. The Hall–Kier alpha value is -2.15. The molecule has 2 bridgehead atoms. The highest BCUT2D eigenvalue weighted by Crippen LogP contribution is 2.35. The maximum atomic E-state index is 13.2. The van der Waals surface area contributed by atoms with Crippen LogP contribution in [-0.2, 0) is 0 Å². The lowest BCUT2D eigenvalue weighted by molar-refractivity contribution is 0.0735. The van der Waals surface area contributed by atoms with Crippen LogP contribution in [-0.4, -0.2) is 62.5 Å². The number of aryl methyl sites for hydroxylation is 1. The van der Waals surface area contributed by atoms with Crippen molar-refractivity contribution in [2.75, 3.05) is 26.2 Å². The van der Waals surface area contributed by atoms with Gasteiger partial charge in [-0.3, -0.25) is 19.6 Å².